The fraction of sp³-hybridized carbons (Fsp3) is 0.125. The molecule has 7 nitrogen and oxygen atoms in total. The van der Waals surface area contributed by atoms with Crippen molar-refractivity contribution < 1.29 is 23.8 Å². The quantitative estimate of drug-likeness (QED) is 0.186. The molecule has 0 bridgehead atoms. The van der Waals surface area contributed by atoms with E-state index in [0.29, 0.717) is 22.1 Å². The van der Waals surface area contributed by atoms with Gasteiger partial charge in [0.15, 0.2) is 17.6 Å². The number of rotatable bonds is 8. The number of benzene rings is 3. The van der Waals surface area contributed by atoms with Crippen molar-refractivity contribution in [3.8, 4) is 17.2 Å². The van der Waals surface area contributed by atoms with Crippen molar-refractivity contribution in [2.75, 3.05) is 7.11 Å². The second kappa shape index (κ2) is 11.5. The van der Waals surface area contributed by atoms with Crippen LogP contribution in [0, 0.1) is 0 Å². The highest BCUT2D eigenvalue weighted by Crippen LogP contribution is 2.29. The normalized spacial score (nSPS) is 11.6. The number of hydrazone groups is 1. The summed E-state index contributed by atoms with van der Waals surface area (Å²) in [6.07, 6.45) is 0.691. The van der Waals surface area contributed by atoms with Crippen molar-refractivity contribution in [2.24, 2.45) is 5.10 Å². The predicted octanol–water partition coefficient (Wildman–Crippen LogP) is 5.25. The van der Waals surface area contributed by atoms with Crippen LogP contribution in [-0.4, -0.2) is 31.3 Å². The zero-order valence-corrected chi connectivity index (χ0v) is 20.1. The minimum Gasteiger partial charge on any atom is -0.493 e. The van der Waals surface area contributed by atoms with E-state index in [9.17, 15) is 9.59 Å². The molecule has 0 radical (unpaired) electrons. The fourth-order valence-electron chi connectivity index (χ4n) is 2.66. The second-order valence-corrected chi connectivity index (χ2v) is 8.05. The largest absolute Gasteiger partial charge is 0.493 e. The molecule has 3 aromatic rings. The first kappa shape index (κ1) is 24.3. The summed E-state index contributed by atoms with van der Waals surface area (Å²) in [4.78, 5) is 24.6. The first-order valence-corrected chi connectivity index (χ1v) is 10.9. The van der Waals surface area contributed by atoms with Crippen molar-refractivity contribution in [3.63, 3.8) is 0 Å². The van der Waals surface area contributed by atoms with Crippen LogP contribution in [0.2, 0.25) is 5.02 Å². The highest BCUT2D eigenvalue weighted by Gasteiger charge is 2.16. The molecular weight excluding hydrogens is 512 g/mol. The van der Waals surface area contributed by atoms with Crippen LogP contribution in [0.25, 0.3) is 0 Å². The maximum absolute atomic E-state index is 12.4. The van der Waals surface area contributed by atoms with E-state index in [2.05, 4.69) is 26.5 Å². The van der Waals surface area contributed by atoms with Gasteiger partial charge in [-0.25, -0.2) is 10.2 Å². The summed E-state index contributed by atoms with van der Waals surface area (Å²) in [7, 11) is 1.45. The molecule has 33 heavy (non-hydrogen) atoms. The van der Waals surface area contributed by atoms with Crippen molar-refractivity contribution in [1.82, 2.24) is 5.43 Å². The van der Waals surface area contributed by atoms with E-state index in [1.165, 1.54) is 13.3 Å². The van der Waals surface area contributed by atoms with Crippen LogP contribution in [0.3, 0.4) is 0 Å². The number of carbonyl (C=O) groups is 2. The molecule has 1 atom stereocenters. The summed E-state index contributed by atoms with van der Waals surface area (Å²) in [5, 5.41) is 4.24. The van der Waals surface area contributed by atoms with E-state index >= 15 is 0 Å². The number of amides is 1. The Hall–Kier alpha value is -3.36. The average molecular weight is 532 g/mol. The molecule has 0 saturated heterocycles. The molecule has 3 aromatic carbocycles. The number of carbonyl (C=O) groups excluding carboxylic acids is 2. The van der Waals surface area contributed by atoms with Gasteiger partial charge < -0.3 is 14.2 Å². The van der Waals surface area contributed by atoms with Gasteiger partial charge in [-0.3, -0.25) is 4.79 Å². The number of nitrogens with one attached hydrogen (secondary N) is 1. The zero-order valence-electron chi connectivity index (χ0n) is 17.7. The van der Waals surface area contributed by atoms with Gasteiger partial charge >= 0.3 is 5.97 Å². The average Bonchev–Trinajstić information content (AvgIpc) is 2.81. The van der Waals surface area contributed by atoms with Crippen LogP contribution in [0.1, 0.15) is 22.8 Å². The smallest absolute Gasteiger partial charge is 0.345 e. The predicted molar refractivity (Wildman–Crippen MR) is 129 cm³/mol. The first-order chi connectivity index (χ1) is 15.9. The Labute approximate surface area is 204 Å². The lowest BCUT2D eigenvalue weighted by molar-refractivity contribution is -0.127. The third-order valence-electron chi connectivity index (χ3n) is 4.37. The van der Waals surface area contributed by atoms with Crippen LogP contribution in [-0.2, 0) is 4.79 Å². The third-order valence-corrected chi connectivity index (χ3v) is 5.23. The second-order valence-electron chi connectivity index (χ2n) is 6.73. The molecule has 0 fully saturated rings. The van der Waals surface area contributed by atoms with E-state index in [4.69, 9.17) is 25.8 Å². The van der Waals surface area contributed by atoms with Gasteiger partial charge in [-0.2, -0.15) is 5.10 Å². The molecule has 0 aliphatic rings. The lowest BCUT2D eigenvalue weighted by Crippen LogP contribution is -2.33. The summed E-state index contributed by atoms with van der Waals surface area (Å²) in [5.41, 5.74) is 3.29. The molecule has 9 heteroatoms. The van der Waals surface area contributed by atoms with Gasteiger partial charge in [0, 0.05) is 4.47 Å². The van der Waals surface area contributed by atoms with E-state index < -0.39 is 18.0 Å². The molecule has 0 heterocycles. The van der Waals surface area contributed by atoms with Crippen molar-refractivity contribution >= 4 is 45.6 Å². The number of hydrogen-bond acceptors (Lipinski definition) is 6. The van der Waals surface area contributed by atoms with Gasteiger partial charge in [-0.1, -0.05) is 39.7 Å². The Kier molecular flexibility index (Phi) is 8.46. The van der Waals surface area contributed by atoms with Gasteiger partial charge in [0.05, 0.1) is 23.9 Å². The number of halogens is 2. The summed E-state index contributed by atoms with van der Waals surface area (Å²) < 4.78 is 17.2. The zero-order chi connectivity index (χ0) is 23.8. The molecule has 0 aliphatic heterocycles. The Bertz CT molecular complexity index is 1170. The van der Waals surface area contributed by atoms with E-state index in [1.807, 2.05) is 12.1 Å². The topological polar surface area (TPSA) is 86.2 Å². The minimum absolute atomic E-state index is 0.222. The summed E-state index contributed by atoms with van der Waals surface area (Å²) in [6, 6.07) is 18.6. The molecule has 170 valence electrons. The Balaban J connectivity index is 1.60. The summed E-state index contributed by atoms with van der Waals surface area (Å²) >= 11 is 9.39. The SMILES string of the molecule is COc1cc(/C=N/NC(=O)C(C)Oc2ccc(Br)cc2)ccc1OC(=O)c1ccccc1Cl. The van der Waals surface area contributed by atoms with Crippen LogP contribution in [0.5, 0.6) is 17.2 Å². The number of hydrogen-bond donors (Lipinski definition) is 1. The fourth-order valence-corrected chi connectivity index (χ4v) is 3.14. The van der Waals surface area contributed by atoms with Crippen LogP contribution >= 0.6 is 27.5 Å². The number of esters is 1. The van der Waals surface area contributed by atoms with Gasteiger partial charge in [-0.15, -0.1) is 0 Å². The molecule has 3 rings (SSSR count). The Morgan fingerprint density at radius 2 is 1.79 bits per heavy atom. The third kappa shape index (κ3) is 6.81. The van der Waals surface area contributed by atoms with Gasteiger partial charge in [0.25, 0.3) is 5.91 Å². The van der Waals surface area contributed by atoms with E-state index in [-0.39, 0.29) is 11.3 Å². The molecule has 0 aromatic heterocycles. The molecule has 0 spiro atoms. The van der Waals surface area contributed by atoms with Crippen molar-refractivity contribution in [1.29, 1.82) is 0 Å². The number of methoxy groups -OCH3 is 1. The highest BCUT2D eigenvalue weighted by molar-refractivity contribution is 9.10. The standard InChI is InChI=1S/C24H20BrClN2O5/c1-15(32-18-10-8-17(25)9-11-18)23(29)28-27-14-16-7-12-21(22(13-16)31-2)33-24(30)19-5-3-4-6-20(19)26/h3-15H,1-2H3,(H,28,29)/b27-14+. The summed E-state index contributed by atoms with van der Waals surface area (Å²) in [5.74, 6) is 0.0907. The minimum atomic E-state index is -0.746. The molecule has 1 unspecified atom stereocenters. The van der Waals surface area contributed by atoms with E-state index in [1.54, 1.807) is 61.5 Å². The van der Waals surface area contributed by atoms with Crippen LogP contribution in [0.15, 0.2) is 76.3 Å². The Morgan fingerprint density at radius 1 is 1.06 bits per heavy atom. The number of nitrogens with zero attached hydrogens (tertiary/aromatic N) is 1. The van der Waals surface area contributed by atoms with Crippen molar-refractivity contribution in [3.05, 3.63) is 87.4 Å². The van der Waals surface area contributed by atoms with Gasteiger partial charge in [0.1, 0.15) is 5.75 Å². The van der Waals surface area contributed by atoms with Crippen LogP contribution in [0.4, 0.5) is 0 Å². The monoisotopic (exact) mass is 530 g/mol. The molecule has 0 aliphatic carbocycles. The van der Waals surface area contributed by atoms with Crippen LogP contribution < -0.4 is 19.6 Å². The lowest BCUT2D eigenvalue weighted by atomic mass is 10.2. The molecule has 0 saturated carbocycles. The summed E-state index contributed by atoms with van der Waals surface area (Å²) in [6.45, 7) is 1.62. The van der Waals surface area contributed by atoms with Gasteiger partial charge in [0.2, 0.25) is 0 Å². The lowest BCUT2D eigenvalue weighted by Gasteiger charge is -2.13. The maximum atomic E-state index is 12.4. The van der Waals surface area contributed by atoms with Gasteiger partial charge in [-0.05, 0) is 67.1 Å². The maximum Gasteiger partial charge on any atom is 0.345 e. The Morgan fingerprint density at radius 3 is 2.48 bits per heavy atom. The van der Waals surface area contributed by atoms with E-state index in [0.717, 1.165) is 4.47 Å². The van der Waals surface area contributed by atoms with Crippen molar-refractivity contribution in [2.45, 2.75) is 13.0 Å². The number of ether oxygens (including phenoxy) is 3. The molecule has 1 N–H and O–H groups in total. The highest BCUT2D eigenvalue weighted by atomic mass is 79.9. The molecular formula is C24H20BrClN2O5. The molecule has 1 amide bonds. The first-order valence-electron chi connectivity index (χ1n) is 9.77.